The highest BCUT2D eigenvalue weighted by Crippen LogP contribution is 2.22. The highest BCUT2D eigenvalue weighted by molar-refractivity contribution is 5.46. The molecule has 0 aliphatic carbocycles. The van der Waals surface area contributed by atoms with E-state index in [2.05, 4.69) is 31.9 Å². The summed E-state index contributed by atoms with van der Waals surface area (Å²) in [6.45, 7) is 3.57. The minimum Gasteiger partial charge on any atom is -0.497 e. The molecular formula is C18H25N5O2. The summed E-state index contributed by atoms with van der Waals surface area (Å²) < 4.78 is 5.31. The van der Waals surface area contributed by atoms with Crippen LogP contribution in [-0.4, -0.2) is 59.4 Å². The first-order valence-electron chi connectivity index (χ1n) is 8.50. The van der Waals surface area contributed by atoms with E-state index >= 15 is 0 Å². The molecule has 2 heterocycles. The van der Waals surface area contributed by atoms with E-state index in [1.54, 1.807) is 13.2 Å². The first-order chi connectivity index (χ1) is 12.2. The highest BCUT2D eigenvalue weighted by atomic mass is 16.5. The number of methoxy groups -OCH3 is 1. The third-order valence-electron chi connectivity index (χ3n) is 4.58. The van der Waals surface area contributed by atoms with Gasteiger partial charge in [-0.25, -0.2) is 9.97 Å². The first-order valence-corrected chi connectivity index (χ1v) is 8.50. The maximum Gasteiger partial charge on any atom is 0.134 e. The zero-order valence-corrected chi connectivity index (χ0v) is 14.5. The van der Waals surface area contributed by atoms with Gasteiger partial charge in [0.1, 0.15) is 23.7 Å². The number of ether oxygens (including phenoxy) is 1. The Morgan fingerprint density at radius 1 is 1.28 bits per heavy atom. The van der Waals surface area contributed by atoms with Gasteiger partial charge in [-0.05, 0) is 24.1 Å². The number of hydrogen-bond acceptors (Lipinski definition) is 7. The van der Waals surface area contributed by atoms with Crippen LogP contribution in [0.4, 0.5) is 11.6 Å². The molecule has 7 heteroatoms. The SMILES string of the molecule is COc1cccc(CN2CCN(c3cc(N)ncn3)CC2CCO)c1. The Hall–Kier alpha value is -2.38. The van der Waals surface area contributed by atoms with Crippen LogP contribution in [-0.2, 0) is 6.54 Å². The van der Waals surface area contributed by atoms with Crippen molar-refractivity contribution in [3.8, 4) is 5.75 Å². The first kappa shape index (κ1) is 17.4. The molecule has 2 aromatic rings. The fourth-order valence-electron chi connectivity index (χ4n) is 3.27. The number of piperazine rings is 1. The van der Waals surface area contributed by atoms with Crippen LogP contribution in [0.3, 0.4) is 0 Å². The van der Waals surface area contributed by atoms with Crippen LogP contribution in [0.15, 0.2) is 36.7 Å². The van der Waals surface area contributed by atoms with Crippen molar-refractivity contribution in [2.75, 3.05) is 44.0 Å². The van der Waals surface area contributed by atoms with Crippen LogP contribution in [0.2, 0.25) is 0 Å². The molecule has 25 heavy (non-hydrogen) atoms. The molecule has 0 saturated carbocycles. The number of aromatic nitrogens is 2. The molecule has 1 aliphatic heterocycles. The Labute approximate surface area is 148 Å². The van der Waals surface area contributed by atoms with Crippen LogP contribution in [0, 0.1) is 0 Å². The molecule has 1 atom stereocenters. The molecule has 3 N–H and O–H groups in total. The Bertz CT molecular complexity index is 697. The second-order valence-corrected chi connectivity index (χ2v) is 6.24. The Balaban J connectivity index is 1.71. The summed E-state index contributed by atoms with van der Waals surface area (Å²) >= 11 is 0. The third kappa shape index (κ3) is 4.37. The Morgan fingerprint density at radius 2 is 2.16 bits per heavy atom. The van der Waals surface area contributed by atoms with Crippen molar-refractivity contribution in [2.24, 2.45) is 0 Å². The summed E-state index contributed by atoms with van der Waals surface area (Å²) in [5.74, 6) is 2.19. The molecule has 1 aromatic carbocycles. The predicted molar refractivity (Wildman–Crippen MR) is 97.6 cm³/mol. The molecule has 134 valence electrons. The maximum atomic E-state index is 9.47. The van der Waals surface area contributed by atoms with Gasteiger partial charge in [-0.2, -0.15) is 0 Å². The molecule has 1 fully saturated rings. The normalized spacial score (nSPS) is 18.3. The molecule has 0 radical (unpaired) electrons. The van der Waals surface area contributed by atoms with E-state index in [-0.39, 0.29) is 12.6 Å². The number of aliphatic hydroxyl groups excluding tert-OH is 1. The largest absolute Gasteiger partial charge is 0.497 e. The number of nitrogen functional groups attached to an aromatic ring is 1. The van der Waals surface area contributed by atoms with Gasteiger partial charge in [-0.15, -0.1) is 0 Å². The smallest absolute Gasteiger partial charge is 0.134 e. The van der Waals surface area contributed by atoms with Gasteiger partial charge in [0.15, 0.2) is 0 Å². The molecule has 1 unspecified atom stereocenters. The van der Waals surface area contributed by atoms with Crippen LogP contribution in [0.25, 0.3) is 0 Å². The molecule has 1 aliphatic rings. The minimum atomic E-state index is 0.166. The number of rotatable bonds is 6. The van der Waals surface area contributed by atoms with Gasteiger partial charge in [0.25, 0.3) is 0 Å². The summed E-state index contributed by atoms with van der Waals surface area (Å²) in [6, 6.07) is 10.2. The number of nitrogens with zero attached hydrogens (tertiary/aromatic N) is 4. The van der Waals surface area contributed by atoms with E-state index in [4.69, 9.17) is 10.5 Å². The fraction of sp³-hybridized carbons (Fsp3) is 0.444. The lowest BCUT2D eigenvalue weighted by Gasteiger charge is -2.42. The van der Waals surface area contributed by atoms with E-state index in [9.17, 15) is 5.11 Å². The van der Waals surface area contributed by atoms with Gasteiger partial charge in [0, 0.05) is 44.9 Å². The average Bonchev–Trinajstić information content (AvgIpc) is 2.63. The van der Waals surface area contributed by atoms with Gasteiger partial charge in [0.05, 0.1) is 7.11 Å². The van der Waals surface area contributed by atoms with Crippen molar-refractivity contribution in [1.29, 1.82) is 0 Å². The zero-order valence-electron chi connectivity index (χ0n) is 14.5. The van der Waals surface area contributed by atoms with Crippen LogP contribution in [0.1, 0.15) is 12.0 Å². The Morgan fingerprint density at radius 3 is 2.92 bits per heavy atom. The summed E-state index contributed by atoms with van der Waals surface area (Å²) in [5, 5.41) is 9.47. The van der Waals surface area contributed by atoms with E-state index < -0.39 is 0 Å². The van der Waals surface area contributed by atoms with Crippen LogP contribution < -0.4 is 15.4 Å². The fourth-order valence-corrected chi connectivity index (χ4v) is 3.27. The standard InChI is InChI=1S/C18H25N5O2/c1-25-16-4-2-3-14(9-16)11-22-6-7-23(12-15(22)5-8-24)18-10-17(19)20-13-21-18/h2-4,9-10,13,15,24H,5-8,11-12H2,1H3,(H2,19,20,21). The number of aliphatic hydroxyl groups is 1. The molecule has 1 saturated heterocycles. The van der Waals surface area contributed by atoms with Crippen LogP contribution >= 0.6 is 0 Å². The summed E-state index contributed by atoms with van der Waals surface area (Å²) in [7, 11) is 1.68. The van der Waals surface area contributed by atoms with E-state index in [0.29, 0.717) is 5.82 Å². The van der Waals surface area contributed by atoms with E-state index in [1.165, 1.54) is 11.9 Å². The topological polar surface area (TPSA) is 87.7 Å². The molecule has 0 bridgehead atoms. The van der Waals surface area contributed by atoms with Crippen molar-refractivity contribution in [1.82, 2.24) is 14.9 Å². The highest BCUT2D eigenvalue weighted by Gasteiger charge is 2.27. The van der Waals surface area contributed by atoms with Crippen LogP contribution in [0.5, 0.6) is 5.75 Å². The molecule has 3 rings (SSSR count). The second kappa shape index (κ2) is 8.13. The van der Waals surface area contributed by atoms with Gasteiger partial charge in [0.2, 0.25) is 0 Å². The van der Waals surface area contributed by atoms with Crippen molar-refractivity contribution in [2.45, 2.75) is 19.0 Å². The Kier molecular flexibility index (Phi) is 5.67. The van der Waals surface area contributed by atoms with E-state index in [0.717, 1.165) is 44.2 Å². The molecule has 0 spiro atoms. The molecule has 0 amide bonds. The number of benzene rings is 1. The maximum absolute atomic E-state index is 9.47. The number of anilines is 2. The van der Waals surface area contributed by atoms with Crippen molar-refractivity contribution in [3.05, 3.63) is 42.2 Å². The van der Waals surface area contributed by atoms with E-state index in [1.807, 2.05) is 12.1 Å². The molecular weight excluding hydrogens is 318 g/mol. The lowest BCUT2D eigenvalue weighted by molar-refractivity contribution is 0.135. The number of nitrogens with two attached hydrogens (primary N) is 1. The van der Waals surface area contributed by atoms with Gasteiger partial charge < -0.3 is 20.5 Å². The average molecular weight is 343 g/mol. The zero-order chi connectivity index (χ0) is 17.6. The summed E-state index contributed by atoms with van der Waals surface area (Å²) in [4.78, 5) is 12.9. The monoisotopic (exact) mass is 343 g/mol. The molecule has 7 nitrogen and oxygen atoms in total. The summed E-state index contributed by atoms with van der Waals surface area (Å²) in [6.07, 6.45) is 2.22. The van der Waals surface area contributed by atoms with Gasteiger partial charge in [-0.1, -0.05) is 12.1 Å². The number of hydrogen-bond donors (Lipinski definition) is 2. The van der Waals surface area contributed by atoms with Crippen molar-refractivity contribution in [3.63, 3.8) is 0 Å². The van der Waals surface area contributed by atoms with Crippen molar-refractivity contribution < 1.29 is 9.84 Å². The van der Waals surface area contributed by atoms with Crippen molar-refractivity contribution >= 4 is 11.6 Å². The third-order valence-corrected chi connectivity index (χ3v) is 4.58. The minimum absolute atomic E-state index is 0.166. The van der Waals surface area contributed by atoms with Gasteiger partial charge in [-0.3, -0.25) is 4.90 Å². The predicted octanol–water partition coefficient (Wildman–Crippen LogP) is 1.14. The second-order valence-electron chi connectivity index (χ2n) is 6.24. The lowest BCUT2D eigenvalue weighted by atomic mass is 10.1. The lowest BCUT2D eigenvalue weighted by Crippen LogP contribution is -2.53. The summed E-state index contributed by atoms with van der Waals surface area (Å²) in [5.41, 5.74) is 6.99. The van der Waals surface area contributed by atoms with Gasteiger partial charge >= 0.3 is 0 Å². The quantitative estimate of drug-likeness (QED) is 0.813. The molecule has 1 aromatic heterocycles.